The lowest BCUT2D eigenvalue weighted by atomic mass is 10.2. The molecule has 0 radical (unpaired) electrons. The number of carbonyl (C=O) groups excluding carboxylic acids is 1. The Bertz CT molecular complexity index is 219. The van der Waals surface area contributed by atoms with Crippen molar-refractivity contribution in [3.8, 4) is 0 Å². The third kappa shape index (κ3) is 7.96. The van der Waals surface area contributed by atoms with E-state index in [1.54, 1.807) is 27.7 Å². The van der Waals surface area contributed by atoms with E-state index in [-0.39, 0.29) is 0 Å². The third-order valence-electron chi connectivity index (χ3n) is 1.12. The first-order valence-corrected chi connectivity index (χ1v) is 4.67. The fraction of sp³-hybridized carbons (Fsp3) is 0.889. The van der Waals surface area contributed by atoms with Crippen LogP contribution in [0.15, 0.2) is 0 Å². The summed E-state index contributed by atoms with van der Waals surface area (Å²) in [4.78, 5) is 11.3. The number of carbonyl (C=O) groups is 1. The van der Waals surface area contributed by atoms with Crippen molar-refractivity contribution in [3.63, 3.8) is 0 Å². The molecular formula is C9H19NO2S. The number of hydrogen-bond donors (Lipinski definition) is 2. The zero-order valence-electron chi connectivity index (χ0n) is 10.5. The van der Waals surface area contributed by atoms with Gasteiger partial charge in [0, 0.05) is 8.78 Å². The smallest absolute Gasteiger partial charge is 0.407 e. The molecule has 13 heavy (non-hydrogen) atoms. The van der Waals surface area contributed by atoms with E-state index in [0.29, 0.717) is 0 Å². The van der Waals surface area contributed by atoms with Gasteiger partial charge in [-0.15, -0.1) is 0 Å². The van der Waals surface area contributed by atoms with E-state index in [1.807, 2.05) is 0 Å². The summed E-state index contributed by atoms with van der Waals surface area (Å²) in [6.07, 6.45) is -1.35. The molecule has 0 fully saturated rings. The van der Waals surface area contributed by atoms with E-state index in [9.17, 15) is 4.79 Å². The van der Waals surface area contributed by atoms with E-state index < -0.39 is 29.9 Å². The summed E-state index contributed by atoms with van der Waals surface area (Å²) >= 11 is 3.83. The van der Waals surface area contributed by atoms with Gasteiger partial charge in [-0.05, 0) is 39.8 Å². The molecule has 0 aliphatic rings. The Balaban J connectivity index is 4.08. The minimum absolute atomic E-state index is 0.458. The van der Waals surface area contributed by atoms with Gasteiger partial charge in [-0.2, -0.15) is 12.6 Å². The Kier molecular flexibility index (Phi) is 3.80. The van der Waals surface area contributed by atoms with Gasteiger partial charge >= 0.3 is 6.09 Å². The minimum Gasteiger partial charge on any atom is -0.444 e. The van der Waals surface area contributed by atoms with Crippen molar-refractivity contribution < 1.29 is 12.3 Å². The highest BCUT2D eigenvalue weighted by Gasteiger charge is 2.17. The van der Waals surface area contributed by atoms with Crippen LogP contribution in [-0.4, -0.2) is 23.5 Å². The largest absolute Gasteiger partial charge is 0.444 e. The van der Waals surface area contributed by atoms with Crippen molar-refractivity contribution in [2.75, 3.05) is 5.73 Å². The second kappa shape index (κ2) is 5.37. The van der Waals surface area contributed by atoms with Crippen LogP contribution in [0, 0.1) is 0 Å². The first-order chi connectivity index (χ1) is 6.63. The Morgan fingerprint density at radius 1 is 1.69 bits per heavy atom. The molecule has 0 aliphatic heterocycles. The van der Waals surface area contributed by atoms with Gasteiger partial charge in [0.05, 0.1) is 0 Å². The summed E-state index contributed by atoms with van der Waals surface area (Å²) in [7, 11) is 0. The zero-order chi connectivity index (χ0) is 12.2. The van der Waals surface area contributed by atoms with E-state index in [0.717, 1.165) is 0 Å². The highest BCUT2D eigenvalue weighted by molar-refractivity contribution is 7.80. The van der Waals surface area contributed by atoms with E-state index in [4.69, 9.17) is 7.48 Å². The molecule has 0 heterocycles. The molecule has 0 aromatic heterocycles. The van der Waals surface area contributed by atoms with Crippen LogP contribution in [0.25, 0.3) is 0 Å². The summed E-state index contributed by atoms with van der Waals surface area (Å²) in [6, 6.07) is -0.458. The van der Waals surface area contributed by atoms with Crippen molar-refractivity contribution in [2.24, 2.45) is 0 Å². The fourth-order valence-electron chi connectivity index (χ4n) is 0.671. The van der Waals surface area contributed by atoms with Crippen molar-refractivity contribution in [2.45, 2.75) is 45.7 Å². The number of ether oxygens (including phenoxy) is 1. The second-order valence-electron chi connectivity index (χ2n) is 3.78. The average molecular weight is 207 g/mol. The van der Waals surface area contributed by atoms with Gasteiger partial charge in [-0.1, -0.05) is 0 Å². The summed E-state index contributed by atoms with van der Waals surface area (Å²) in [5.74, 6) is 0. The van der Waals surface area contributed by atoms with Gasteiger partial charge in [-0.25, -0.2) is 4.79 Å². The SMILES string of the molecule is [2H][C@H]([C@H]([2H])S)[C@@H](C)NC(=O)OC(C)(C)C. The molecule has 0 spiro atoms. The Morgan fingerprint density at radius 3 is 2.62 bits per heavy atom. The molecule has 1 N–H and O–H groups in total. The van der Waals surface area contributed by atoms with Crippen LogP contribution in [0.2, 0.25) is 0 Å². The lowest BCUT2D eigenvalue weighted by molar-refractivity contribution is 0.0508. The monoisotopic (exact) mass is 207 g/mol. The summed E-state index contributed by atoms with van der Waals surface area (Å²) in [5.41, 5.74) is -1.39. The number of nitrogens with one attached hydrogen (secondary N) is 1. The molecule has 0 aliphatic carbocycles. The maximum Gasteiger partial charge on any atom is 0.407 e. The number of hydrogen-bond acceptors (Lipinski definition) is 3. The molecule has 0 aromatic carbocycles. The van der Waals surface area contributed by atoms with Crippen molar-refractivity contribution >= 4 is 18.7 Å². The second-order valence-corrected chi connectivity index (χ2v) is 4.07. The van der Waals surface area contributed by atoms with Crippen LogP contribution < -0.4 is 5.32 Å². The predicted octanol–water partition coefficient (Wildman–Crippen LogP) is 2.22. The van der Waals surface area contributed by atoms with Gasteiger partial charge in [0.15, 0.2) is 0 Å². The predicted molar refractivity (Wildman–Crippen MR) is 57.3 cm³/mol. The highest BCUT2D eigenvalue weighted by atomic mass is 32.1. The fourth-order valence-corrected chi connectivity index (χ4v) is 0.929. The first-order valence-electron chi connectivity index (χ1n) is 5.31. The van der Waals surface area contributed by atoms with E-state index in [2.05, 4.69) is 17.9 Å². The van der Waals surface area contributed by atoms with Crippen LogP contribution in [0.5, 0.6) is 0 Å². The molecule has 0 saturated heterocycles. The Morgan fingerprint density at radius 2 is 2.23 bits per heavy atom. The number of thiol groups is 1. The summed E-state index contributed by atoms with van der Waals surface area (Å²) in [5, 5.41) is 2.50. The number of alkyl carbamates (subject to hydrolysis) is 1. The lowest BCUT2D eigenvalue weighted by Gasteiger charge is -2.21. The van der Waals surface area contributed by atoms with Gasteiger partial charge < -0.3 is 10.1 Å². The maximum atomic E-state index is 11.3. The van der Waals surface area contributed by atoms with Crippen LogP contribution in [-0.2, 0) is 4.74 Å². The zero-order valence-corrected chi connectivity index (χ0v) is 9.39. The molecule has 0 rings (SSSR count). The van der Waals surface area contributed by atoms with Crippen LogP contribution in [0.3, 0.4) is 0 Å². The standard InChI is InChI=1S/C9H19NO2S/c1-7(5-6-13)10-8(11)12-9(2,3)4/h7,13H,5-6H2,1-4H3,(H,10,11)/t7-/m1/s1/i5D,6D/t5-,6+,7-. The number of amides is 1. The van der Waals surface area contributed by atoms with Crippen molar-refractivity contribution in [1.29, 1.82) is 0 Å². The van der Waals surface area contributed by atoms with Crippen LogP contribution >= 0.6 is 12.6 Å². The molecule has 78 valence electrons. The molecule has 1 amide bonds. The normalized spacial score (nSPS) is 20.7. The molecule has 3 nitrogen and oxygen atoms in total. The lowest BCUT2D eigenvalue weighted by Crippen LogP contribution is -2.37. The van der Waals surface area contributed by atoms with Crippen molar-refractivity contribution in [1.82, 2.24) is 5.32 Å². The molecule has 0 bridgehead atoms. The topological polar surface area (TPSA) is 38.3 Å². The molecular weight excluding hydrogens is 186 g/mol. The highest BCUT2D eigenvalue weighted by Crippen LogP contribution is 2.07. The molecule has 0 saturated carbocycles. The maximum absolute atomic E-state index is 11.3. The van der Waals surface area contributed by atoms with Gasteiger partial charge in [0.25, 0.3) is 0 Å². The van der Waals surface area contributed by atoms with Gasteiger partial charge in [-0.3, -0.25) is 0 Å². The third-order valence-corrected chi connectivity index (χ3v) is 1.29. The molecule has 3 atom stereocenters. The first kappa shape index (κ1) is 9.19. The van der Waals surface area contributed by atoms with Gasteiger partial charge in [0.2, 0.25) is 0 Å². The molecule has 4 heteroatoms. The van der Waals surface area contributed by atoms with Crippen LogP contribution in [0.1, 0.15) is 36.8 Å². The Labute approximate surface area is 88.4 Å². The van der Waals surface area contributed by atoms with Gasteiger partial charge in [0.1, 0.15) is 5.60 Å². The summed E-state index contributed by atoms with van der Waals surface area (Å²) < 4.78 is 19.8. The van der Waals surface area contributed by atoms with Crippen LogP contribution in [0.4, 0.5) is 4.79 Å². The van der Waals surface area contributed by atoms with E-state index >= 15 is 0 Å². The number of rotatable bonds is 3. The molecule has 0 unspecified atom stereocenters. The van der Waals surface area contributed by atoms with Crippen molar-refractivity contribution in [3.05, 3.63) is 0 Å². The van der Waals surface area contributed by atoms with E-state index in [1.165, 1.54) is 0 Å². The minimum atomic E-state index is -0.838. The molecule has 0 aromatic rings. The summed E-state index contributed by atoms with van der Waals surface area (Å²) in [6.45, 7) is 6.95. The quantitative estimate of drug-likeness (QED) is 0.696. The Hall–Kier alpha value is -0.380. The average Bonchev–Trinajstić information content (AvgIpc) is 1.98.